The lowest BCUT2D eigenvalue weighted by Crippen LogP contribution is -2.29. The monoisotopic (exact) mass is 301 g/mol. The van der Waals surface area contributed by atoms with E-state index in [1.807, 2.05) is 91.0 Å². The average molecular weight is 301 g/mol. The molecule has 0 aliphatic heterocycles. The number of benzene rings is 3. The van der Waals surface area contributed by atoms with Crippen LogP contribution in [0.5, 0.6) is 0 Å². The first-order chi connectivity index (χ1) is 11.3. The molecule has 0 saturated carbocycles. The Hall–Kier alpha value is -2.87. The van der Waals surface area contributed by atoms with Gasteiger partial charge in [0.15, 0.2) is 0 Å². The number of carbonyl (C=O) groups is 1. The second-order valence-corrected chi connectivity index (χ2v) is 5.46. The van der Waals surface area contributed by atoms with E-state index >= 15 is 0 Å². The van der Waals surface area contributed by atoms with Crippen LogP contribution in [0.1, 0.15) is 22.6 Å². The van der Waals surface area contributed by atoms with Gasteiger partial charge in [0.1, 0.15) is 0 Å². The molecule has 1 N–H and O–H groups in total. The van der Waals surface area contributed by atoms with E-state index in [-0.39, 0.29) is 11.8 Å². The molecule has 114 valence electrons. The fourth-order valence-corrected chi connectivity index (χ4v) is 2.67. The van der Waals surface area contributed by atoms with Gasteiger partial charge in [-0.15, -0.1) is 0 Å². The molecule has 0 spiro atoms. The molecule has 3 aromatic carbocycles. The minimum atomic E-state index is -0.291. The van der Waals surface area contributed by atoms with Gasteiger partial charge < -0.3 is 5.32 Å². The smallest absolute Gasteiger partial charge is 0.232 e. The molecule has 2 nitrogen and oxygen atoms in total. The Kier molecular flexibility index (Phi) is 4.85. The minimum absolute atomic E-state index is 0.0197. The fraction of sp³-hybridized carbons (Fsp3) is 0.0952. The predicted octanol–water partition coefficient (Wildman–Crippen LogP) is 4.13. The Morgan fingerprint density at radius 1 is 0.696 bits per heavy atom. The highest BCUT2D eigenvalue weighted by atomic mass is 16.1. The van der Waals surface area contributed by atoms with Gasteiger partial charge in [0, 0.05) is 6.54 Å². The topological polar surface area (TPSA) is 29.1 Å². The van der Waals surface area contributed by atoms with E-state index in [4.69, 9.17) is 0 Å². The van der Waals surface area contributed by atoms with Crippen LogP contribution in [0.15, 0.2) is 91.0 Å². The first-order valence-electron chi connectivity index (χ1n) is 7.76. The van der Waals surface area contributed by atoms with Crippen molar-refractivity contribution in [2.45, 2.75) is 12.5 Å². The fourth-order valence-electron chi connectivity index (χ4n) is 2.67. The van der Waals surface area contributed by atoms with E-state index in [9.17, 15) is 4.79 Å². The Morgan fingerprint density at radius 2 is 1.13 bits per heavy atom. The molecular weight excluding hydrogens is 282 g/mol. The van der Waals surface area contributed by atoms with Crippen LogP contribution in [0.4, 0.5) is 0 Å². The molecular formula is C21H19NO. The molecule has 1 amide bonds. The third-order valence-electron chi connectivity index (χ3n) is 3.84. The highest BCUT2D eigenvalue weighted by Gasteiger charge is 2.21. The molecule has 0 bridgehead atoms. The molecule has 0 atom stereocenters. The summed E-state index contributed by atoms with van der Waals surface area (Å²) in [4.78, 5) is 12.8. The summed E-state index contributed by atoms with van der Waals surface area (Å²) in [6, 6.07) is 29.8. The van der Waals surface area contributed by atoms with E-state index in [2.05, 4.69) is 5.32 Å². The number of amides is 1. The van der Waals surface area contributed by atoms with Crippen molar-refractivity contribution < 1.29 is 4.79 Å². The van der Waals surface area contributed by atoms with Crippen molar-refractivity contribution in [2.75, 3.05) is 0 Å². The van der Waals surface area contributed by atoms with Crippen LogP contribution in [0.25, 0.3) is 0 Å². The molecule has 0 aliphatic carbocycles. The van der Waals surface area contributed by atoms with Gasteiger partial charge in [-0.2, -0.15) is 0 Å². The highest BCUT2D eigenvalue weighted by Crippen LogP contribution is 2.24. The highest BCUT2D eigenvalue weighted by molar-refractivity contribution is 5.87. The molecule has 3 rings (SSSR count). The third kappa shape index (κ3) is 3.86. The van der Waals surface area contributed by atoms with Crippen molar-refractivity contribution in [3.8, 4) is 0 Å². The van der Waals surface area contributed by atoms with Gasteiger partial charge in [-0.1, -0.05) is 91.0 Å². The molecule has 0 aromatic heterocycles. The van der Waals surface area contributed by atoms with Gasteiger partial charge in [0.2, 0.25) is 5.91 Å². The molecule has 2 heteroatoms. The summed E-state index contributed by atoms with van der Waals surface area (Å²) in [5, 5.41) is 3.06. The molecule has 23 heavy (non-hydrogen) atoms. The van der Waals surface area contributed by atoms with E-state index in [1.54, 1.807) is 0 Å². The first-order valence-corrected chi connectivity index (χ1v) is 7.76. The van der Waals surface area contributed by atoms with Crippen LogP contribution in [0.2, 0.25) is 0 Å². The number of carbonyl (C=O) groups excluding carboxylic acids is 1. The summed E-state index contributed by atoms with van der Waals surface area (Å²) in [6.45, 7) is 0.538. The number of hydrogen-bond donors (Lipinski definition) is 1. The molecule has 0 fully saturated rings. The lowest BCUT2D eigenvalue weighted by atomic mass is 9.90. The van der Waals surface area contributed by atoms with Crippen LogP contribution >= 0.6 is 0 Å². The molecule has 0 aliphatic rings. The minimum Gasteiger partial charge on any atom is -0.351 e. The Bertz CT molecular complexity index is 699. The van der Waals surface area contributed by atoms with Crippen molar-refractivity contribution in [2.24, 2.45) is 0 Å². The van der Waals surface area contributed by atoms with E-state index in [0.29, 0.717) is 6.54 Å². The van der Waals surface area contributed by atoms with Crippen LogP contribution < -0.4 is 5.32 Å². The summed E-state index contributed by atoms with van der Waals surface area (Å²) >= 11 is 0. The maximum absolute atomic E-state index is 12.8. The Labute approximate surface area is 136 Å². The average Bonchev–Trinajstić information content (AvgIpc) is 2.63. The van der Waals surface area contributed by atoms with Crippen molar-refractivity contribution in [1.29, 1.82) is 0 Å². The molecule has 0 saturated heterocycles. The zero-order valence-electron chi connectivity index (χ0n) is 12.9. The SMILES string of the molecule is O=C(NCc1ccccc1)C(c1ccccc1)c1ccccc1. The van der Waals surface area contributed by atoms with Crippen LogP contribution in [-0.2, 0) is 11.3 Å². The quantitative estimate of drug-likeness (QED) is 0.754. The second kappa shape index (κ2) is 7.41. The van der Waals surface area contributed by atoms with E-state index < -0.39 is 0 Å². The number of rotatable bonds is 5. The lowest BCUT2D eigenvalue weighted by molar-refractivity contribution is -0.121. The molecule has 3 aromatic rings. The van der Waals surface area contributed by atoms with Gasteiger partial charge in [-0.25, -0.2) is 0 Å². The Balaban J connectivity index is 1.82. The third-order valence-corrected chi connectivity index (χ3v) is 3.84. The van der Waals surface area contributed by atoms with Crippen LogP contribution in [0.3, 0.4) is 0 Å². The van der Waals surface area contributed by atoms with Crippen molar-refractivity contribution >= 4 is 5.91 Å². The van der Waals surface area contributed by atoms with E-state index in [0.717, 1.165) is 16.7 Å². The summed E-state index contributed by atoms with van der Waals surface area (Å²) in [6.07, 6.45) is 0. The predicted molar refractivity (Wildman–Crippen MR) is 93.0 cm³/mol. The summed E-state index contributed by atoms with van der Waals surface area (Å²) in [5.74, 6) is -0.271. The van der Waals surface area contributed by atoms with Crippen LogP contribution in [-0.4, -0.2) is 5.91 Å². The van der Waals surface area contributed by atoms with Crippen molar-refractivity contribution in [3.63, 3.8) is 0 Å². The van der Waals surface area contributed by atoms with Crippen molar-refractivity contribution in [3.05, 3.63) is 108 Å². The lowest BCUT2D eigenvalue weighted by Gasteiger charge is -2.18. The van der Waals surface area contributed by atoms with Gasteiger partial charge in [0.05, 0.1) is 5.92 Å². The van der Waals surface area contributed by atoms with Gasteiger partial charge in [-0.3, -0.25) is 4.79 Å². The Morgan fingerprint density at radius 3 is 1.61 bits per heavy atom. The summed E-state index contributed by atoms with van der Waals surface area (Å²) < 4.78 is 0. The molecule has 0 unspecified atom stereocenters. The van der Waals surface area contributed by atoms with Gasteiger partial charge in [0.25, 0.3) is 0 Å². The maximum Gasteiger partial charge on any atom is 0.232 e. The maximum atomic E-state index is 12.8. The normalized spacial score (nSPS) is 10.5. The second-order valence-electron chi connectivity index (χ2n) is 5.46. The summed E-state index contributed by atoms with van der Waals surface area (Å²) in [7, 11) is 0. The van der Waals surface area contributed by atoms with Crippen LogP contribution in [0, 0.1) is 0 Å². The van der Waals surface area contributed by atoms with Gasteiger partial charge in [-0.05, 0) is 16.7 Å². The zero-order valence-corrected chi connectivity index (χ0v) is 12.9. The van der Waals surface area contributed by atoms with E-state index in [1.165, 1.54) is 0 Å². The van der Waals surface area contributed by atoms with Crippen molar-refractivity contribution in [1.82, 2.24) is 5.32 Å². The zero-order chi connectivity index (χ0) is 15.9. The standard InChI is InChI=1S/C21H19NO/c23-21(22-16-17-10-4-1-5-11-17)20(18-12-6-2-7-13-18)19-14-8-3-9-15-19/h1-15,20H,16H2,(H,22,23). The largest absolute Gasteiger partial charge is 0.351 e. The molecule has 0 heterocycles. The van der Waals surface area contributed by atoms with Gasteiger partial charge >= 0.3 is 0 Å². The molecule has 0 radical (unpaired) electrons. The number of nitrogens with one attached hydrogen (secondary N) is 1. The summed E-state index contributed by atoms with van der Waals surface area (Å²) in [5.41, 5.74) is 3.11. The number of hydrogen-bond acceptors (Lipinski definition) is 1. The first kappa shape index (κ1) is 15.0.